The first-order valence-corrected chi connectivity index (χ1v) is 7.15. The van der Waals surface area contributed by atoms with E-state index < -0.39 is 0 Å². The molecule has 0 radical (unpaired) electrons. The van der Waals surface area contributed by atoms with Crippen LogP contribution in [-0.2, 0) is 0 Å². The van der Waals surface area contributed by atoms with Gasteiger partial charge in [-0.25, -0.2) is 4.98 Å². The molecule has 0 aliphatic heterocycles. The third-order valence-electron chi connectivity index (χ3n) is 3.95. The molecule has 3 N–H and O–H groups in total. The van der Waals surface area contributed by atoms with E-state index in [-0.39, 0.29) is 12.1 Å². The van der Waals surface area contributed by atoms with Crippen molar-refractivity contribution in [1.82, 2.24) is 9.55 Å². The summed E-state index contributed by atoms with van der Waals surface area (Å²) < 4.78 is 1.97. The Morgan fingerprint density at radius 1 is 1.26 bits per heavy atom. The van der Waals surface area contributed by atoms with Gasteiger partial charge in [-0.1, -0.05) is 30.9 Å². The van der Waals surface area contributed by atoms with Crippen molar-refractivity contribution < 1.29 is 5.11 Å². The number of hydrogen-bond donors (Lipinski definition) is 2. The second-order valence-corrected chi connectivity index (χ2v) is 5.68. The van der Waals surface area contributed by atoms with Gasteiger partial charge in [-0.3, -0.25) is 0 Å². The summed E-state index contributed by atoms with van der Waals surface area (Å²) in [7, 11) is 0. The van der Waals surface area contributed by atoms with Gasteiger partial charge in [-0.15, -0.1) is 0 Å². The summed E-state index contributed by atoms with van der Waals surface area (Å²) in [5, 5.41) is 11.0. The lowest BCUT2D eigenvalue weighted by molar-refractivity contribution is 0.108. The van der Waals surface area contributed by atoms with Crippen LogP contribution in [0.25, 0.3) is 11.0 Å². The SMILES string of the molecule is Nc1nc2cc(Cl)ccc2n1C1CCCCCC1O. The van der Waals surface area contributed by atoms with Gasteiger partial charge in [-0.2, -0.15) is 0 Å². The predicted molar refractivity (Wildman–Crippen MR) is 77.3 cm³/mol. The van der Waals surface area contributed by atoms with E-state index in [0.29, 0.717) is 11.0 Å². The van der Waals surface area contributed by atoms with Crippen molar-refractivity contribution in [3.05, 3.63) is 23.2 Å². The fourth-order valence-corrected chi connectivity index (χ4v) is 3.18. The van der Waals surface area contributed by atoms with E-state index in [1.54, 1.807) is 0 Å². The Morgan fingerprint density at radius 3 is 2.89 bits per heavy atom. The van der Waals surface area contributed by atoms with Gasteiger partial charge >= 0.3 is 0 Å². The molecular weight excluding hydrogens is 262 g/mol. The van der Waals surface area contributed by atoms with Crippen LogP contribution < -0.4 is 5.73 Å². The molecule has 2 unspecified atom stereocenters. The smallest absolute Gasteiger partial charge is 0.201 e. The monoisotopic (exact) mass is 279 g/mol. The number of imidazole rings is 1. The molecule has 4 nitrogen and oxygen atoms in total. The van der Waals surface area contributed by atoms with Crippen LogP contribution in [0.15, 0.2) is 18.2 Å². The number of fused-ring (bicyclic) bond motifs is 1. The summed E-state index contributed by atoms with van der Waals surface area (Å²) >= 11 is 5.98. The Hall–Kier alpha value is -1.26. The van der Waals surface area contributed by atoms with Crippen LogP contribution in [0.3, 0.4) is 0 Å². The molecule has 2 atom stereocenters. The highest BCUT2D eigenvalue weighted by Crippen LogP contribution is 2.33. The van der Waals surface area contributed by atoms with Crippen molar-refractivity contribution in [2.75, 3.05) is 5.73 Å². The van der Waals surface area contributed by atoms with Crippen LogP contribution in [0.4, 0.5) is 5.95 Å². The Bertz CT molecular complexity index is 596. The zero-order valence-corrected chi connectivity index (χ0v) is 11.5. The minimum Gasteiger partial charge on any atom is -0.391 e. The van der Waals surface area contributed by atoms with Crippen molar-refractivity contribution in [1.29, 1.82) is 0 Å². The highest BCUT2D eigenvalue weighted by Gasteiger charge is 2.26. The summed E-state index contributed by atoms with van der Waals surface area (Å²) in [6, 6.07) is 5.60. The van der Waals surface area contributed by atoms with Crippen LogP contribution in [0.2, 0.25) is 5.02 Å². The number of rotatable bonds is 1. The van der Waals surface area contributed by atoms with Crippen molar-refractivity contribution >= 4 is 28.6 Å². The first-order chi connectivity index (χ1) is 9.16. The van der Waals surface area contributed by atoms with Gasteiger partial charge in [0.05, 0.1) is 23.2 Å². The van der Waals surface area contributed by atoms with E-state index in [1.165, 1.54) is 6.42 Å². The standard InChI is InChI=1S/C14H18ClN3O/c15-9-6-7-11-10(8-9)17-14(16)18(11)12-4-2-1-3-5-13(12)19/h6-8,12-13,19H,1-5H2,(H2,16,17). The number of aliphatic hydroxyl groups is 1. The van der Waals surface area contributed by atoms with Gasteiger partial charge < -0.3 is 15.4 Å². The summed E-state index contributed by atoms with van der Waals surface area (Å²) in [6.07, 6.45) is 4.80. The molecular formula is C14H18ClN3O. The van der Waals surface area contributed by atoms with E-state index >= 15 is 0 Å². The minimum atomic E-state index is -0.349. The molecule has 0 amide bonds. The average molecular weight is 280 g/mol. The number of nitrogen functional groups attached to an aromatic ring is 1. The molecule has 1 saturated carbocycles. The maximum absolute atomic E-state index is 10.3. The van der Waals surface area contributed by atoms with Crippen molar-refractivity contribution in [2.45, 2.75) is 44.2 Å². The first-order valence-electron chi connectivity index (χ1n) is 6.78. The molecule has 1 aromatic heterocycles. The molecule has 2 aromatic rings. The van der Waals surface area contributed by atoms with E-state index in [4.69, 9.17) is 17.3 Å². The van der Waals surface area contributed by atoms with Crippen LogP contribution >= 0.6 is 11.6 Å². The molecule has 19 heavy (non-hydrogen) atoms. The minimum absolute atomic E-state index is 0.0219. The van der Waals surface area contributed by atoms with Crippen molar-refractivity contribution in [3.63, 3.8) is 0 Å². The third kappa shape index (κ3) is 2.30. The average Bonchev–Trinajstić information content (AvgIpc) is 2.54. The number of aromatic nitrogens is 2. The lowest BCUT2D eigenvalue weighted by Gasteiger charge is -2.23. The summed E-state index contributed by atoms with van der Waals surface area (Å²) in [5.41, 5.74) is 7.79. The molecule has 0 saturated heterocycles. The first kappa shape index (κ1) is 12.8. The van der Waals surface area contributed by atoms with Gasteiger partial charge in [0.25, 0.3) is 0 Å². The molecule has 1 heterocycles. The maximum Gasteiger partial charge on any atom is 0.201 e. The number of aliphatic hydroxyl groups excluding tert-OH is 1. The molecule has 1 aliphatic rings. The highest BCUT2D eigenvalue weighted by atomic mass is 35.5. The molecule has 102 valence electrons. The lowest BCUT2D eigenvalue weighted by Crippen LogP contribution is -2.24. The van der Waals surface area contributed by atoms with Crippen LogP contribution in [0, 0.1) is 0 Å². The number of nitrogens with two attached hydrogens (primary N) is 1. The van der Waals surface area contributed by atoms with Crippen LogP contribution in [-0.4, -0.2) is 20.8 Å². The van der Waals surface area contributed by atoms with Gasteiger partial charge in [-0.05, 0) is 31.0 Å². The van der Waals surface area contributed by atoms with Gasteiger partial charge in [0.15, 0.2) is 0 Å². The van der Waals surface area contributed by atoms with Gasteiger partial charge in [0.1, 0.15) is 0 Å². The summed E-state index contributed by atoms with van der Waals surface area (Å²) in [5.74, 6) is 0.461. The molecule has 1 fully saturated rings. The number of halogens is 1. The van der Waals surface area contributed by atoms with Crippen LogP contribution in [0.1, 0.15) is 38.1 Å². The van der Waals surface area contributed by atoms with Gasteiger partial charge in [0, 0.05) is 5.02 Å². The zero-order valence-electron chi connectivity index (χ0n) is 10.7. The van der Waals surface area contributed by atoms with Gasteiger partial charge in [0.2, 0.25) is 5.95 Å². The Morgan fingerprint density at radius 2 is 2.05 bits per heavy atom. The molecule has 0 bridgehead atoms. The summed E-state index contributed by atoms with van der Waals surface area (Å²) in [4.78, 5) is 4.36. The van der Waals surface area contributed by atoms with E-state index in [0.717, 1.165) is 36.7 Å². The maximum atomic E-state index is 10.3. The zero-order chi connectivity index (χ0) is 13.4. The fraction of sp³-hybridized carbons (Fsp3) is 0.500. The molecule has 1 aliphatic carbocycles. The highest BCUT2D eigenvalue weighted by molar-refractivity contribution is 6.31. The van der Waals surface area contributed by atoms with E-state index in [9.17, 15) is 5.11 Å². The van der Waals surface area contributed by atoms with E-state index in [1.807, 2.05) is 22.8 Å². The van der Waals surface area contributed by atoms with E-state index in [2.05, 4.69) is 4.98 Å². The molecule has 0 spiro atoms. The summed E-state index contributed by atoms with van der Waals surface area (Å²) in [6.45, 7) is 0. The number of nitrogens with zero attached hydrogens (tertiary/aromatic N) is 2. The van der Waals surface area contributed by atoms with Crippen molar-refractivity contribution in [3.8, 4) is 0 Å². The molecule has 1 aromatic carbocycles. The second kappa shape index (κ2) is 5.02. The quantitative estimate of drug-likeness (QED) is 0.788. The second-order valence-electron chi connectivity index (χ2n) is 5.25. The molecule has 5 heteroatoms. The number of benzene rings is 1. The van der Waals surface area contributed by atoms with Crippen LogP contribution in [0.5, 0.6) is 0 Å². The molecule has 3 rings (SSSR count). The Labute approximate surface area is 117 Å². The fourth-order valence-electron chi connectivity index (χ4n) is 3.01. The lowest BCUT2D eigenvalue weighted by atomic mass is 10.1. The normalized spacial score (nSPS) is 24.5. The predicted octanol–water partition coefficient (Wildman–Crippen LogP) is 3.14. The number of anilines is 1. The van der Waals surface area contributed by atoms with Crippen molar-refractivity contribution in [2.24, 2.45) is 0 Å². The Kier molecular flexibility index (Phi) is 3.37. The Balaban J connectivity index is 2.10. The third-order valence-corrected chi connectivity index (χ3v) is 4.19. The largest absolute Gasteiger partial charge is 0.391 e. The topological polar surface area (TPSA) is 64.1 Å². The number of hydrogen-bond acceptors (Lipinski definition) is 3.